The molecule has 4 atom stereocenters. The van der Waals surface area contributed by atoms with Crippen molar-refractivity contribution in [1.82, 2.24) is 4.90 Å². The second-order valence-electron chi connectivity index (χ2n) is 15.6. The SMILES string of the molecule is CC1(CCN(C(F)(F)F)C(F)(F)F)c2ccc3ccccc3c2C2C=CC3=C(C21)C(c1ccccc1)(c1ccc2ccccc2c1)c1ccc2ccccc2c13. The van der Waals surface area contributed by atoms with Gasteiger partial charge in [0.05, 0.1) is 5.41 Å². The molecule has 0 spiro atoms. The number of nitrogens with zero attached hydrogens (tertiary/aromatic N) is 1. The molecule has 0 N–H and O–H groups in total. The van der Waals surface area contributed by atoms with Gasteiger partial charge in [-0.1, -0.05) is 159 Å². The number of hydrogen-bond acceptors (Lipinski definition) is 1. The Hall–Kier alpha value is -5.66. The zero-order valence-electron chi connectivity index (χ0n) is 30.3. The quantitative estimate of drug-likeness (QED) is 0.125. The van der Waals surface area contributed by atoms with Gasteiger partial charge in [-0.05, 0) is 89.3 Å². The lowest BCUT2D eigenvalue weighted by Gasteiger charge is -2.46. The maximum atomic E-state index is 14.3. The molecule has 0 radical (unpaired) electrons. The van der Waals surface area contributed by atoms with Crippen LogP contribution >= 0.6 is 0 Å². The number of rotatable bonds is 5. The van der Waals surface area contributed by atoms with Gasteiger partial charge < -0.3 is 0 Å². The van der Waals surface area contributed by atoms with Gasteiger partial charge in [-0.25, -0.2) is 0 Å². The van der Waals surface area contributed by atoms with Crippen LogP contribution in [0.4, 0.5) is 26.3 Å². The summed E-state index contributed by atoms with van der Waals surface area (Å²) in [5.74, 6) is -0.835. The van der Waals surface area contributed by atoms with Crippen molar-refractivity contribution >= 4 is 37.9 Å². The van der Waals surface area contributed by atoms with Crippen LogP contribution in [0.2, 0.25) is 0 Å². The minimum atomic E-state index is -5.60. The molecule has 0 saturated carbocycles. The Bertz CT molecular complexity index is 2760. The molecule has 7 heteroatoms. The van der Waals surface area contributed by atoms with Gasteiger partial charge in [-0.2, -0.15) is 26.3 Å². The van der Waals surface area contributed by atoms with Crippen molar-refractivity contribution in [2.24, 2.45) is 5.92 Å². The van der Waals surface area contributed by atoms with E-state index in [1.54, 1.807) is 0 Å². The molecule has 0 saturated heterocycles. The highest BCUT2D eigenvalue weighted by molar-refractivity contribution is 6.05. The van der Waals surface area contributed by atoms with E-state index in [9.17, 15) is 26.3 Å². The van der Waals surface area contributed by atoms with Crippen LogP contribution in [-0.4, -0.2) is 24.0 Å². The summed E-state index contributed by atoms with van der Waals surface area (Å²) in [6.45, 7) is 0.659. The minimum Gasteiger partial charge on any atom is -0.155 e. The third-order valence-electron chi connectivity index (χ3n) is 12.9. The van der Waals surface area contributed by atoms with Crippen LogP contribution in [0.3, 0.4) is 0 Å². The Morgan fingerprint density at radius 1 is 0.571 bits per heavy atom. The van der Waals surface area contributed by atoms with Crippen molar-refractivity contribution in [3.63, 3.8) is 0 Å². The van der Waals surface area contributed by atoms with E-state index >= 15 is 0 Å². The Kier molecular flexibility index (Phi) is 7.56. The van der Waals surface area contributed by atoms with E-state index in [1.807, 2.05) is 85.8 Å². The first kappa shape index (κ1) is 34.8. The van der Waals surface area contributed by atoms with Gasteiger partial charge in [0.15, 0.2) is 0 Å². The number of fused-ring (bicyclic) bond motifs is 11. The Morgan fingerprint density at radius 3 is 1.84 bits per heavy atom. The molecule has 1 nitrogen and oxygen atoms in total. The summed E-state index contributed by atoms with van der Waals surface area (Å²) in [7, 11) is 0. The first-order valence-corrected chi connectivity index (χ1v) is 18.9. The van der Waals surface area contributed by atoms with Crippen molar-refractivity contribution in [1.29, 1.82) is 0 Å². The Morgan fingerprint density at radius 2 is 1.14 bits per heavy atom. The van der Waals surface area contributed by atoms with Crippen LogP contribution in [0.1, 0.15) is 52.6 Å². The average Bonchev–Trinajstić information content (AvgIpc) is 3.64. The molecule has 3 aliphatic rings. The first-order chi connectivity index (χ1) is 26.9. The molecule has 0 bridgehead atoms. The van der Waals surface area contributed by atoms with E-state index in [-0.39, 0.29) is 12.3 Å². The van der Waals surface area contributed by atoms with Crippen molar-refractivity contribution in [2.45, 2.75) is 42.7 Å². The second-order valence-corrected chi connectivity index (χ2v) is 15.6. The number of hydrogen-bond donors (Lipinski definition) is 0. The predicted molar refractivity (Wildman–Crippen MR) is 211 cm³/mol. The van der Waals surface area contributed by atoms with E-state index in [0.29, 0.717) is 0 Å². The molecule has 0 amide bonds. The lowest BCUT2D eigenvalue weighted by Crippen LogP contribution is -2.50. The fraction of sp³-hybridized carbons (Fsp3) is 0.184. The molecule has 4 unspecified atom stereocenters. The van der Waals surface area contributed by atoms with E-state index in [0.717, 1.165) is 76.8 Å². The molecule has 56 heavy (non-hydrogen) atoms. The van der Waals surface area contributed by atoms with Gasteiger partial charge in [0.2, 0.25) is 0 Å². The van der Waals surface area contributed by atoms with Crippen molar-refractivity contribution in [3.8, 4) is 0 Å². The number of halogens is 6. The third kappa shape index (κ3) is 4.86. The average molecular weight is 752 g/mol. The number of allylic oxidation sites excluding steroid dienone is 4. The highest BCUT2D eigenvalue weighted by Gasteiger charge is 2.61. The third-order valence-corrected chi connectivity index (χ3v) is 12.9. The van der Waals surface area contributed by atoms with Crippen LogP contribution in [0.25, 0.3) is 37.9 Å². The summed E-state index contributed by atoms with van der Waals surface area (Å²) in [5, 5.41) is 6.12. The van der Waals surface area contributed by atoms with Gasteiger partial charge in [0, 0.05) is 23.8 Å². The fourth-order valence-electron chi connectivity index (χ4n) is 10.6. The molecule has 7 aromatic rings. The molecule has 7 aromatic carbocycles. The maximum absolute atomic E-state index is 14.3. The summed E-state index contributed by atoms with van der Waals surface area (Å²) < 4.78 is 85.6. The summed E-state index contributed by atoms with van der Waals surface area (Å²) in [4.78, 5) is -1.25. The van der Waals surface area contributed by atoms with Gasteiger partial charge in [-0.3, -0.25) is 0 Å². The highest BCUT2D eigenvalue weighted by atomic mass is 19.4. The number of benzene rings is 7. The Balaban J connectivity index is 1.32. The van der Waals surface area contributed by atoms with E-state index in [1.165, 1.54) is 0 Å². The van der Waals surface area contributed by atoms with Crippen LogP contribution in [0.5, 0.6) is 0 Å². The predicted octanol–water partition coefficient (Wildman–Crippen LogP) is 13.2. The lowest BCUT2D eigenvalue weighted by atomic mass is 9.56. The zero-order chi connectivity index (χ0) is 38.6. The minimum absolute atomic E-state index is 0.325. The van der Waals surface area contributed by atoms with E-state index < -0.39 is 40.8 Å². The molecule has 0 aromatic heterocycles. The highest BCUT2D eigenvalue weighted by Crippen LogP contribution is 2.69. The largest absolute Gasteiger partial charge is 0.467 e. The van der Waals surface area contributed by atoms with Crippen molar-refractivity contribution in [3.05, 3.63) is 197 Å². The van der Waals surface area contributed by atoms with Crippen LogP contribution in [-0.2, 0) is 10.8 Å². The first-order valence-electron chi connectivity index (χ1n) is 18.9. The zero-order valence-corrected chi connectivity index (χ0v) is 30.3. The standard InChI is InChI=1S/C49H35F6N/c1-46(27-28-56(48(50,51)52)49(53,54)55)40-25-20-31-12-7-9-17-36(31)42(40)38-23-24-39-43-37-18-10-8-13-32(37)21-26-41(43)47(45(39)44(38)46,34-15-3-2-4-16-34)35-22-19-30-11-5-6-14-33(30)29-35/h2-26,29,38,44H,27-28H2,1H3. The van der Waals surface area contributed by atoms with Crippen molar-refractivity contribution < 1.29 is 26.3 Å². The van der Waals surface area contributed by atoms with Crippen LogP contribution in [0, 0.1) is 5.92 Å². The molecular weight excluding hydrogens is 717 g/mol. The van der Waals surface area contributed by atoms with Crippen LogP contribution in [0.15, 0.2) is 163 Å². The summed E-state index contributed by atoms with van der Waals surface area (Å²) in [5.41, 5.74) is 5.70. The smallest absolute Gasteiger partial charge is 0.155 e. The molecule has 278 valence electrons. The molecule has 3 aliphatic carbocycles. The summed E-state index contributed by atoms with van der Waals surface area (Å²) in [6, 6.07) is 49.2. The molecule has 10 rings (SSSR count). The molecule has 0 fully saturated rings. The Labute approximate surface area is 320 Å². The van der Waals surface area contributed by atoms with Gasteiger partial charge >= 0.3 is 12.6 Å². The number of alkyl halides is 6. The second kappa shape index (κ2) is 12.2. The lowest BCUT2D eigenvalue weighted by molar-refractivity contribution is -0.373. The molecule has 0 heterocycles. The van der Waals surface area contributed by atoms with E-state index in [2.05, 4.69) is 78.9 Å². The van der Waals surface area contributed by atoms with Gasteiger partial charge in [0.1, 0.15) is 0 Å². The molecular formula is C49H35F6N. The maximum Gasteiger partial charge on any atom is 0.467 e. The van der Waals surface area contributed by atoms with E-state index in [4.69, 9.17) is 0 Å². The molecule has 0 aliphatic heterocycles. The van der Waals surface area contributed by atoms with Gasteiger partial charge in [-0.15, -0.1) is 4.90 Å². The topological polar surface area (TPSA) is 3.24 Å². The van der Waals surface area contributed by atoms with Gasteiger partial charge in [0.25, 0.3) is 0 Å². The normalized spacial score (nSPS) is 22.9. The summed E-state index contributed by atoms with van der Waals surface area (Å²) >= 11 is 0. The van der Waals surface area contributed by atoms with Crippen LogP contribution < -0.4 is 0 Å². The summed E-state index contributed by atoms with van der Waals surface area (Å²) in [6.07, 6.45) is -7.24. The monoisotopic (exact) mass is 751 g/mol. The fourth-order valence-corrected chi connectivity index (χ4v) is 10.6. The van der Waals surface area contributed by atoms with Crippen molar-refractivity contribution in [2.75, 3.05) is 6.54 Å².